The van der Waals surface area contributed by atoms with Gasteiger partial charge in [-0.05, 0) is 50.2 Å². The number of anilines is 1. The SMILES string of the molecule is Cc1cc(C)n(-c2ccc(NC(=O)CNC(=O)c3cccc(Br)c3)cn2)n1. The maximum atomic E-state index is 12.1. The molecule has 2 heterocycles. The van der Waals surface area contributed by atoms with Crippen LogP contribution in [0, 0.1) is 13.8 Å². The van der Waals surface area contributed by atoms with Crippen molar-refractivity contribution in [1.82, 2.24) is 20.1 Å². The van der Waals surface area contributed by atoms with Crippen molar-refractivity contribution in [1.29, 1.82) is 0 Å². The highest BCUT2D eigenvalue weighted by Gasteiger charge is 2.10. The molecule has 0 radical (unpaired) electrons. The Bertz CT molecular complexity index is 982. The summed E-state index contributed by atoms with van der Waals surface area (Å²) in [6.45, 7) is 3.73. The number of hydrogen-bond acceptors (Lipinski definition) is 4. The van der Waals surface area contributed by atoms with Gasteiger partial charge in [0.25, 0.3) is 5.91 Å². The number of aromatic nitrogens is 3. The maximum Gasteiger partial charge on any atom is 0.251 e. The molecule has 8 heteroatoms. The van der Waals surface area contributed by atoms with Crippen LogP contribution in [0.2, 0.25) is 0 Å². The molecule has 3 rings (SSSR count). The van der Waals surface area contributed by atoms with Crippen molar-refractivity contribution in [3.05, 3.63) is 70.1 Å². The van der Waals surface area contributed by atoms with Crippen molar-refractivity contribution in [3.8, 4) is 5.82 Å². The molecular weight excluding hydrogens is 410 g/mol. The summed E-state index contributed by atoms with van der Waals surface area (Å²) in [5, 5.41) is 9.66. The fraction of sp³-hybridized carbons (Fsp3) is 0.158. The lowest BCUT2D eigenvalue weighted by atomic mass is 10.2. The van der Waals surface area contributed by atoms with Crippen LogP contribution in [0.25, 0.3) is 5.82 Å². The molecule has 0 aliphatic heterocycles. The number of carbonyl (C=O) groups excluding carboxylic acids is 2. The molecule has 0 atom stereocenters. The summed E-state index contributed by atoms with van der Waals surface area (Å²) >= 11 is 3.31. The summed E-state index contributed by atoms with van der Waals surface area (Å²) < 4.78 is 2.53. The molecule has 0 bridgehead atoms. The van der Waals surface area contributed by atoms with E-state index >= 15 is 0 Å². The largest absolute Gasteiger partial charge is 0.343 e. The van der Waals surface area contributed by atoms with Gasteiger partial charge in [0.2, 0.25) is 5.91 Å². The molecular formula is C19H18BrN5O2. The van der Waals surface area contributed by atoms with E-state index in [0.29, 0.717) is 17.1 Å². The minimum atomic E-state index is -0.334. The Kier molecular flexibility index (Phi) is 5.66. The molecule has 0 saturated carbocycles. The number of carbonyl (C=O) groups is 2. The fourth-order valence-electron chi connectivity index (χ4n) is 2.54. The molecule has 138 valence electrons. The Hall–Kier alpha value is -3.00. The van der Waals surface area contributed by atoms with Gasteiger partial charge in [-0.3, -0.25) is 9.59 Å². The quantitative estimate of drug-likeness (QED) is 0.654. The van der Waals surface area contributed by atoms with Crippen LogP contribution in [0.4, 0.5) is 5.69 Å². The third kappa shape index (κ3) is 4.79. The predicted molar refractivity (Wildman–Crippen MR) is 106 cm³/mol. The van der Waals surface area contributed by atoms with E-state index < -0.39 is 0 Å². The number of halogens is 1. The number of nitrogens with one attached hydrogen (secondary N) is 2. The minimum Gasteiger partial charge on any atom is -0.343 e. The second-order valence-electron chi connectivity index (χ2n) is 5.99. The van der Waals surface area contributed by atoms with Gasteiger partial charge in [-0.2, -0.15) is 5.10 Å². The molecule has 7 nitrogen and oxygen atoms in total. The third-order valence-corrected chi connectivity index (χ3v) is 4.25. The molecule has 27 heavy (non-hydrogen) atoms. The van der Waals surface area contributed by atoms with Crippen LogP contribution in [0.1, 0.15) is 21.7 Å². The van der Waals surface area contributed by atoms with E-state index in [0.717, 1.165) is 15.9 Å². The lowest BCUT2D eigenvalue weighted by molar-refractivity contribution is -0.115. The second kappa shape index (κ2) is 8.13. The van der Waals surface area contributed by atoms with Gasteiger partial charge < -0.3 is 10.6 Å². The Morgan fingerprint density at radius 2 is 1.96 bits per heavy atom. The molecule has 0 fully saturated rings. The van der Waals surface area contributed by atoms with E-state index in [1.54, 1.807) is 41.2 Å². The highest BCUT2D eigenvalue weighted by atomic mass is 79.9. The summed E-state index contributed by atoms with van der Waals surface area (Å²) in [6, 6.07) is 12.4. The highest BCUT2D eigenvalue weighted by molar-refractivity contribution is 9.10. The first-order valence-electron chi connectivity index (χ1n) is 8.26. The average molecular weight is 428 g/mol. The number of hydrogen-bond donors (Lipinski definition) is 2. The number of amides is 2. The summed E-state index contributed by atoms with van der Waals surface area (Å²) in [5.74, 6) is 0.0185. The summed E-state index contributed by atoms with van der Waals surface area (Å²) in [5.41, 5.74) is 2.91. The summed E-state index contributed by atoms with van der Waals surface area (Å²) in [4.78, 5) is 28.4. The van der Waals surface area contributed by atoms with Crippen LogP contribution < -0.4 is 10.6 Å². The van der Waals surface area contributed by atoms with Gasteiger partial charge >= 0.3 is 0 Å². The third-order valence-electron chi connectivity index (χ3n) is 3.75. The number of pyridine rings is 1. The highest BCUT2D eigenvalue weighted by Crippen LogP contribution is 2.13. The zero-order valence-corrected chi connectivity index (χ0v) is 16.4. The lowest BCUT2D eigenvalue weighted by Crippen LogP contribution is -2.32. The zero-order valence-electron chi connectivity index (χ0n) is 14.9. The molecule has 1 aromatic carbocycles. The van der Waals surface area contributed by atoms with E-state index in [2.05, 4.69) is 36.6 Å². The number of nitrogens with zero attached hydrogens (tertiary/aromatic N) is 3. The second-order valence-corrected chi connectivity index (χ2v) is 6.90. The lowest BCUT2D eigenvalue weighted by Gasteiger charge is -2.08. The number of rotatable bonds is 5. The fourth-order valence-corrected chi connectivity index (χ4v) is 2.94. The Balaban J connectivity index is 1.56. The molecule has 0 saturated heterocycles. The Morgan fingerprint density at radius 1 is 1.15 bits per heavy atom. The van der Waals surface area contributed by atoms with Crippen molar-refractivity contribution in [2.24, 2.45) is 0 Å². The molecule has 0 aliphatic rings. The first-order valence-corrected chi connectivity index (χ1v) is 9.05. The van der Waals surface area contributed by atoms with Crippen LogP contribution in [0.5, 0.6) is 0 Å². The smallest absolute Gasteiger partial charge is 0.251 e. The topological polar surface area (TPSA) is 88.9 Å². The van der Waals surface area contributed by atoms with Gasteiger partial charge in [0, 0.05) is 15.7 Å². The van der Waals surface area contributed by atoms with Crippen molar-refractivity contribution < 1.29 is 9.59 Å². The van der Waals surface area contributed by atoms with Gasteiger partial charge in [-0.1, -0.05) is 22.0 Å². The average Bonchev–Trinajstić information content (AvgIpc) is 2.98. The van der Waals surface area contributed by atoms with Crippen molar-refractivity contribution in [3.63, 3.8) is 0 Å². The van der Waals surface area contributed by atoms with Crippen LogP contribution >= 0.6 is 15.9 Å². The monoisotopic (exact) mass is 427 g/mol. The minimum absolute atomic E-state index is 0.134. The molecule has 3 aromatic rings. The Morgan fingerprint density at radius 3 is 2.59 bits per heavy atom. The molecule has 0 spiro atoms. The van der Waals surface area contributed by atoms with Crippen molar-refractivity contribution in [2.75, 3.05) is 11.9 Å². The van der Waals surface area contributed by atoms with Gasteiger partial charge in [0.1, 0.15) is 0 Å². The standard InChI is InChI=1S/C19H18BrN5O2/c1-12-8-13(2)25(24-12)17-7-6-16(10-21-17)23-18(26)11-22-19(27)14-4-3-5-15(20)9-14/h3-10H,11H2,1-2H3,(H,22,27)(H,23,26). The molecule has 2 N–H and O–H groups in total. The summed E-state index contributed by atoms with van der Waals surface area (Å²) in [6.07, 6.45) is 1.56. The molecule has 2 amide bonds. The van der Waals surface area contributed by atoms with E-state index in [4.69, 9.17) is 0 Å². The van der Waals surface area contributed by atoms with Gasteiger partial charge in [-0.25, -0.2) is 9.67 Å². The van der Waals surface area contributed by atoms with Crippen LogP contribution in [-0.2, 0) is 4.79 Å². The van der Waals surface area contributed by atoms with E-state index in [1.807, 2.05) is 26.0 Å². The van der Waals surface area contributed by atoms with Crippen molar-refractivity contribution in [2.45, 2.75) is 13.8 Å². The zero-order chi connectivity index (χ0) is 19.4. The van der Waals surface area contributed by atoms with Crippen molar-refractivity contribution >= 4 is 33.4 Å². The van der Waals surface area contributed by atoms with E-state index in [9.17, 15) is 9.59 Å². The van der Waals surface area contributed by atoms with Crippen LogP contribution in [-0.4, -0.2) is 33.1 Å². The van der Waals surface area contributed by atoms with Gasteiger partial charge in [0.15, 0.2) is 5.82 Å². The Labute approximate surface area is 164 Å². The van der Waals surface area contributed by atoms with E-state index in [1.165, 1.54) is 0 Å². The molecule has 2 aromatic heterocycles. The molecule has 0 unspecified atom stereocenters. The van der Waals surface area contributed by atoms with Crippen LogP contribution in [0.3, 0.4) is 0 Å². The summed E-state index contributed by atoms with van der Waals surface area (Å²) in [7, 11) is 0. The van der Waals surface area contributed by atoms with Gasteiger partial charge in [-0.15, -0.1) is 0 Å². The van der Waals surface area contributed by atoms with E-state index in [-0.39, 0.29) is 18.4 Å². The first kappa shape index (κ1) is 18.8. The molecule has 0 aliphatic carbocycles. The number of benzene rings is 1. The predicted octanol–water partition coefficient (Wildman–Crippen LogP) is 3.02. The maximum absolute atomic E-state index is 12.1. The normalized spacial score (nSPS) is 10.5. The first-order chi connectivity index (χ1) is 12.9. The van der Waals surface area contributed by atoms with Crippen LogP contribution in [0.15, 0.2) is 53.1 Å². The number of aryl methyl sites for hydroxylation is 2. The van der Waals surface area contributed by atoms with Gasteiger partial charge in [0.05, 0.1) is 24.1 Å².